The normalized spacial score (nSPS) is 13.2. The summed E-state index contributed by atoms with van der Waals surface area (Å²) < 4.78 is 41.3. The number of carboxylic acid groups (broad SMARTS) is 1. The molecule has 0 heterocycles. The molecule has 0 saturated carbocycles. The molecule has 0 fully saturated rings. The lowest BCUT2D eigenvalue weighted by Gasteiger charge is -2.47. The summed E-state index contributed by atoms with van der Waals surface area (Å²) in [5.41, 5.74) is -0.207. The van der Waals surface area contributed by atoms with E-state index in [2.05, 4.69) is 41.5 Å². The minimum Gasteiger partial charge on any atom is -0.478 e. The molecule has 0 radical (unpaired) electrons. The van der Waals surface area contributed by atoms with E-state index in [9.17, 15) is 15.0 Å². The van der Waals surface area contributed by atoms with Gasteiger partial charge in [-0.1, -0.05) is 247 Å². The highest BCUT2D eigenvalue weighted by molar-refractivity contribution is 5.89. The maximum absolute atomic E-state index is 14.3. The fraction of sp³-hybridized carbons (Fsp3) is 0.950. The lowest BCUT2D eigenvalue weighted by molar-refractivity contribution is -0.390. The van der Waals surface area contributed by atoms with Crippen molar-refractivity contribution in [1.82, 2.24) is 0 Å². The number of aliphatic hydroxyl groups is 1. The highest BCUT2D eigenvalue weighted by Gasteiger charge is 2.61. The summed E-state index contributed by atoms with van der Waals surface area (Å²) in [4.78, 5) is 14.3. The Hall–Kier alpha value is -1.39. The summed E-state index contributed by atoms with van der Waals surface area (Å²) in [5.74, 6) is -4.92. The molecule has 2 atom stereocenters. The molecule has 0 aliphatic heterocycles. The lowest BCUT2D eigenvalue weighted by Crippen LogP contribution is -2.62. The molecule has 0 aliphatic rings. The summed E-state index contributed by atoms with van der Waals surface area (Å²) in [6, 6.07) is 0. The number of hydrogen-bond acceptors (Lipinski definition) is 8. The first kappa shape index (κ1) is 67.6. The van der Waals surface area contributed by atoms with E-state index in [1.54, 1.807) is 0 Å². The highest BCUT2D eigenvalue weighted by atomic mass is 16.8. The van der Waals surface area contributed by atoms with Gasteiger partial charge in [-0.3, -0.25) is 0 Å². The van der Waals surface area contributed by atoms with Crippen molar-refractivity contribution in [2.45, 2.75) is 329 Å². The van der Waals surface area contributed by atoms with E-state index in [0.717, 1.165) is 122 Å². The fourth-order valence-electron chi connectivity index (χ4n) is 9.11. The number of aliphatic hydroxyl groups excluding tert-OH is 1. The van der Waals surface area contributed by atoms with E-state index in [-0.39, 0.29) is 30.8 Å². The quantitative estimate of drug-likeness (QED) is 0.0266. The van der Waals surface area contributed by atoms with Gasteiger partial charge < -0.3 is 38.6 Å². The molecule has 0 aromatic carbocycles. The third-order valence-corrected chi connectivity index (χ3v) is 13.7. The van der Waals surface area contributed by atoms with Crippen molar-refractivity contribution in [3.05, 3.63) is 11.5 Å². The van der Waals surface area contributed by atoms with E-state index >= 15 is 0 Å². The monoisotopic (exact) mass is 983 g/mol. The molecule has 2 N–H and O–H groups in total. The Morgan fingerprint density at radius 1 is 0.362 bits per heavy atom. The minimum absolute atomic E-state index is 0.0423. The summed E-state index contributed by atoms with van der Waals surface area (Å²) in [6.07, 6.45) is 43.4. The number of unbranched alkanes of at least 4 members (excludes halogenated alkanes) is 32. The fourth-order valence-corrected chi connectivity index (χ4v) is 9.11. The van der Waals surface area contributed by atoms with Crippen molar-refractivity contribution < 1.29 is 43.4 Å². The molecule has 0 saturated heterocycles. The van der Waals surface area contributed by atoms with Crippen molar-refractivity contribution in [1.29, 1.82) is 0 Å². The van der Waals surface area contributed by atoms with Crippen LogP contribution < -0.4 is 0 Å². The van der Waals surface area contributed by atoms with Gasteiger partial charge in [0, 0.05) is 0 Å². The number of rotatable bonds is 57. The second kappa shape index (κ2) is 50.2. The molecule has 0 rings (SSSR count). The van der Waals surface area contributed by atoms with Crippen LogP contribution in [-0.4, -0.2) is 73.5 Å². The molecular formula is C60H118O9. The zero-order valence-corrected chi connectivity index (χ0v) is 47.1. The van der Waals surface area contributed by atoms with Crippen molar-refractivity contribution in [2.75, 3.05) is 39.6 Å². The van der Waals surface area contributed by atoms with Crippen LogP contribution in [-0.2, 0) is 33.2 Å². The molecule has 2 unspecified atom stereocenters. The Labute approximate surface area is 428 Å². The van der Waals surface area contributed by atoms with Crippen LogP contribution in [0.3, 0.4) is 0 Å². The minimum atomic E-state index is -2.01. The Morgan fingerprint density at radius 3 is 0.942 bits per heavy atom. The topological polar surface area (TPSA) is 113 Å². The smallest absolute Gasteiger partial charge is 0.344 e. The zero-order chi connectivity index (χ0) is 50.8. The van der Waals surface area contributed by atoms with Gasteiger partial charge in [0.15, 0.2) is 5.57 Å². The van der Waals surface area contributed by atoms with Crippen molar-refractivity contribution in [3.63, 3.8) is 0 Å². The predicted octanol–water partition coefficient (Wildman–Crippen LogP) is 18.3. The molecule has 0 bridgehead atoms. The van der Waals surface area contributed by atoms with Gasteiger partial charge in [-0.2, -0.15) is 0 Å². The maximum atomic E-state index is 14.3. The molecule has 0 aromatic heterocycles. The summed E-state index contributed by atoms with van der Waals surface area (Å²) >= 11 is 0. The van der Waals surface area contributed by atoms with Crippen molar-refractivity contribution in [2.24, 2.45) is 0 Å². The molecule has 69 heavy (non-hydrogen) atoms. The van der Waals surface area contributed by atoms with E-state index < -0.39 is 17.5 Å². The Balaban J connectivity index is 7.43. The zero-order valence-electron chi connectivity index (χ0n) is 47.1. The third-order valence-electron chi connectivity index (χ3n) is 13.7. The van der Waals surface area contributed by atoms with Crippen molar-refractivity contribution >= 4 is 5.97 Å². The molecule has 0 aromatic rings. The van der Waals surface area contributed by atoms with Gasteiger partial charge in [0.2, 0.25) is 5.79 Å². The van der Waals surface area contributed by atoms with E-state index in [4.69, 9.17) is 28.4 Å². The van der Waals surface area contributed by atoms with Gasteiger partial charge in [0.25, 0.3) is 11.7 Å². The molecule has 412 valence electrons. The van der Waals surface area contributed by atoms with Crippen molar-refractivity contribution in [3.8, 4) is 0 Å². The van der Waals surface area contributed by atoms with Crippen LogP contribution in [0.1, 0.15) is 312 Å². The summed E-state index contributed by atoms with van der Waals surface area (Å²) in [6.45, 7) is 17.1. The van der Waals surface area contributed by atoms with Gasteiger partial charge in [0.05, 0.1) is 45.7 Å². The predicted molar refractivity (Wildman–Crippen MR) is 291 cm³/mol. The van der Waals surface area contributed by atoms with Gasteiger partial charge in [-0.25, -0.2) is 4.79 Å². The highest BCUT2D eigenvalue weighted by Crippen LogP contribution is 2.42. The number of ether oxygens (including phenoxy) is 6. The van der Waals surface area contributed by atoms with Crippen LogP contribution in [0.25, 0.3) is 0 Å². The molecule has 9 heteroatoms. The standard InChI is InChI=1S/C60H118O9/c1-8-14-20-25-30-35-41-49-64-58(65-50-42-36-31-26-21-15-9-2)56(57(62)63)60(68-53-45-39-34-29-24-18-12-5,69-54-46-40-48-55(61)47-19-13-6)59(7,66-51-43-37-32-27-22-16-10-3)67-52-44-38-33-28-23-17-11-4/h55,61H,8-54H2,1-7H3,(H,62,63). The van der Waals surface area contributed by atoms with E-state index in [1.165, 1.54) is 128 Å². The average Bonchev–Trinajstić information content (AvgIpc) is 3.34. The second-order valence-electron chi connectivity index (χ2n) is 20.5. The van der Waals surface area contributed by atoms with Crippen LogP contribution >= 0.6 is 0 Å². The lowest BCUT2D eigenvalue weighted by atomic mass is 9.96. The first-order valence-corrected chi connectivity index (χ1v) is 30.2. The average molecular weight is 984 g/mol. The van der Waals surface area contributed by atoms with Crippen LogP contribution in [0, 0.1) is 0 Å². The van der Waals surface area contributed by atoms with Crippen LogP contribution in [0.5, 0.6) is 0 Å². The van der Waals surface area contributed by atoms with Crippen LogP contribution in [0.4, 0.5) is 0 Å². The van der Waals surface area contributed by atoms with Crippen LogP contribution in [0.2, 0.25) is 0 Å². The van der Waals surface area contributed by atoms with Gasteiger partial charge in [-0.15, -0.1) is 0 Å². The summed E-state index contributed by atoms with van der Waals surface area (Å²) in [7, 11) is 0. The number of carboxylic acids is 1. The van der Waals surface area contributed by atoms with E-state index in [0.29, 0.717) is 39.3 Å². The SMILES string of the molecule is CCCCCCCCCOC(OCCCCCCCCC)=C(C(=O)O)C(OCCCCCCCCC)(OCCCCC(O)CCCC)C(C)(OCCCCCCCCC)OCCCCCCCCC. The van der Waals surface area contributed by atoms with Gasteiger partial charge in [-0.05, 0) is 64.7 Å². The Kier molecular flexibility index (Phi) is 49.1. The van der Waals surface area contributed by atoms with E-state index in [1.807, 2.05) is 6.92 Å². The Morgan fingerprint density at radius 2 is 0.623 bits per heavy atom. The van der Waals surface area contributed by atoms with Gasteiger partial charge in [0.1, 0.15) is 0 Å². The number of hydrogen-bond donors (Lipinski definition) is 2. The molecule has 9 nitrogen and oxygen atoms in total. The molecule has 0 amide bonds. The van der Waals surface area contributed by atoms with Crippen LogP contribution in [0.15, 0.2) is 11.5 Å². The first-order valence-electron chi connectivity index (χ1n) is 30.2. The molecule has 0 aliphatic carbocycles. The Bertz CT molecular complexity index is 1070. The number of carbonyl (C=O) groups is 1. The third kappa shape index (κ3) is 36.2. The van der Waals surface area contributed by atoms with Gasteiger partial charge >= 0.3 is 5.97 Å². The second-order valence-corrected chi connectivity index (χ2v) is 20.5. The maximum Gasteiger partial charge on any atom is 0.344 e. The summed E-state index contributed by atoms with van der Waals surface area (Å²) in [5, 5.41) is 22.4. The first-order chi connectivity index (χ1) is 33.7. The largest absolute Gasteiger partial charge is 0.478 e. The molecule has 0 spiro atoms. The molecular weight excluding hydrogens is 865 g/mol. The number of aliphatic carboxylic acids is 1.